The maximum absolute atomic E-state index is 5.21. The van der Waals surface area contributed by atoms with Crippen molar-refractivity contribution in [3.63, 3.8) is 0 Å². The van der Waals surface area contributed by atoms with Gasteiger partial charge in [0.1, 0.15) is 0 Å². The molecule has 3 nitrogen and oxygen atoms in total. The minimum atomic E-state index is 0.461. The Morgan fingerprint density at radius 1 is 1.47 bits per heavy atom. The van der Waals surface area contributed by atoms with Crippen LogP contribution >= 0.6 is 0 Å². The summed E-state index contributed by atoms with van der Waals surface area (Å²) < 4.78 is 5.21. The summed E-state index contributed by atoms with van der Waals surface area (Å²) in [6.07, 6.45) is 2.72. The van der Waals surface area contributed by atoms with Gasteiger partial charge in [0, 0.05) is 25.7 Å². The molecule has 0 spiro atoms. The molecular weight excluding hydrogens is 188 g/mol. The molecule has 15 heavy (non-hydrogen) atoms. The molecule has 0 aromatic rings. The average molecular weight is 214 g/mol. The predicted molar refractivity (Wildman–Crippen MR) is 64.2 cm³/mol. The van der Waals surface area contributed by atoms with Crippen LogP contribution in [0.25, 0.3) is 0 Å². The van der Waals surface area contributed by atoms with Gasteiger partial charge in [-0.15, -0.1) is 0 Å². The molecule has 1 rings (SSSR count). The summed E-state index contributed by atoms with van der Waals surface area (Å²) in [5.41, 5.74) is 0. The third-order valence-corrected chi connectivity index (χ3v) is 3.74. The van der Waals surface area contributed by atoms with Crippen LogP contribution < -0.4 is 5.32 Å². The van der Waals surface area contributed by atoms with Crippen LogP contribution in [0, 0.1) is 5.92 Å². The van der Waals surface area contributed by atoms with Crippen LogP contribution in [0.5, 0.6) is 0 Å². The third kappa shape index (κ3) is 3.74. The van der Waals surface area contributed by atoms with E-state index in [-0.39, 0.29) is 0 Å². The van der Waals surface area contributed by atoms with Crippen molar-refractivity contribution in [1.29, 1.82) is 0 Å². The van der Waals surface area contributed by atoms with Gasteiger partial charge in [0.25, 0.3) is 0 Å². The average Bonchev–Trinajstić information content (AvgIpc) is 2.24. The summed E-state index contributed by atoms with van der Waals surface area (Å²) in [4.78, 5) is 2.59. The van der Waals surface area contributed by atoms with Crippen molar-refractivity contribution in [2.24, 2.45) is 5.92 Å². The first-order valence-corrected chi connectivity index (χ1v) is 6.09. The lowest BCUT2D eigenvalue weighted by Crippen LogP contribution is -2.49. The van der Waals surface area contributed by atoms with Gasteiger partial charge in [-0.25, -0.2) is 0 Å². The SMILES string of the molecule is CNC(COC)CN1CCCC(C)C1C. The molecule has 0 saturated carbocycles. The Bertz CT molecular complexity index is 175. The molecule has 3 heteroatoms. The Morgan fingerprint density at radius 2 is 2.20 bits per heavy atom. The van der Waals surface area contributed by atoms with Gasteiger partial charge in [-0.3, -0.25) is 4.90 Å². The van der Waals surface area contributed by atoms with Crippen LogP contribution in [-0.4, -0.2) is 50.8 Å². The van der Waals surface area contributed by atoms with Crippen LogP contribution in [0.4, 0.5) is 0 Å². The minimum Gasteiger partial charge on any atom is -0.383 e. The van der Waals surface area contributed by atoms with Crippen molar-refractivity contribution < 1.29 is 4.74 Å². The van der Waals surface area contributed by atoms with E-state index in [0.29, 0.717) is 12.1 Å². The highest BCUT2D eigenvalue weighted by molar-refractivity contribution is 4.81. The third-order valence-electron chi connectivity index (χ3n) is 3.74. The zero-order chi connectivity index (χ0) is 11.3. The standard InChI is InChI=1S/C12H26N2O/c1-10-6-5-7-14(11(10)2)8-12(13-3)9-15-4/h10-13H,5-9H2,1-4H3. The smallest absolute Gasteiger partial charge is 0.0628 e. The minimum absolute atomic E-state index is 0.461. The summed E-state index contributed by atoms with van der Waals surface area (Å²) in [6.45, 7) is 7.86. The van der Waals surface area contributed by atoms with E-state index in [0.717, 1.165) is 19.1 Å². The maximum atomic E-state index is 5.21. The summed E-state index contributed by atoms with van der Waals surface area (Å²) in [7, 11) is 3.79. The van der Waals surface area contributed by atoms with Crippen LogP contribution in [0.1, 0.15) is 26.7 Å². The van der Waals surface area contributed by atoms with Gasteiger partial charge >= 0.3 is 0 Å². The topological polar surface area (TPSA) is 24.5 Å². The second kappa shape index (κ2) is 6.46. The van der Waals surface area contributed by atoms with Crippen LogP contribution in [0.15, 0.2) is 0 Å². The largest absolute Gasteiger partial charge is 0.383 e. The number of nitrogens with zero attached hydrogens (tertiary/aromatic N) is 1. The van der Waals surface area contributed by atoms with Gasteiger partial charge in [0.05, 0.1) is 6.61 Å². The van der Waals surface area contributed by atoms with Crippen molar-refractivity contribution >= 4 is 0 Å². The molecule has 0 bridgehead atoms. The van der Waals surface area contributed by atoms with Gasteiger partial charge in [-0.2, -0.15) is 0 Å². The number of rotatable bonds is 5. The van der Waals surface area contributed by atoms with Crippen molar-refractivity contribution in [3.8, 4) is 0 Å². The summed E-state index contributed by atoms with van der Waals surface area (Å²) >= 11 is 0. The van der Waals surface area contributed by atoms with Crippen molar-refractivity contribution in [3.05, 3.63) is 0 Å². The van der Waals surface area contributed by atoms with E-state index < -0.39 is 0 Å². The molecular formula is C12H26N2O. The van der Waals surface area contributed by atoms with Gasteiger partial charge < -0.3 is 10.1 Å². The lowest BCUT2D eigenvalue weighted by atomic mass is 9.92. The highest BCUT2D eigenvalue weighted by Crippen LogP contribution is 2.22. The molecule has 0 aliphatic carbocycles. The fourth-order valence-electron chi connectivity index (χ4n) is 2.39. The van der Waals surface area contributed by atoms with Gasteiger partial charge in [0.2, 0.25) is 0 Å². The Labute approximate surface area is 94.2 Å². The molecule has 3 atom stereocenters. The molecule has 1 N–H and O–H groups in total. The molecule has 90 valence electrons. The number of piperidine rings is 1. The Balaban J connectivity index is 2.40. The molecule has 0 amide bonds. The first-order valence-electron chi connectivity index (χ1n) is 6.09. The fraction of sp³-hybridized carbons (Fsp3) is 1.00. The second-order valence-electron chi connectivity index (χ2n) is 4.80. The number of hydrogen-bond acceptors (Lipinski definition) is 3. The predicted octanol–water partition coefficient (Wildman–Crippen LogP) is 1.34. The lowest BCUT2D eigenvalue weighted by molar-refractivity contribution is 0.0807. The van der Waals surface area contributed by atoms with Gasteiger partial charge in [-0.05, 0) is 39.3 Å². The highest BCUT2D eigenvalue weighted by atomic mass is 16.5. The maximum Gasteiger partial charge on any atom is 0.0628 e. The molecule has 0 radical (unpaired) electrons. The number of hydrogen-bond donors (Lipinski definition) is 1. The molecule has 1 heterocycles. The highest BCUT2D eigenvalue weighted by Gasteiger charge is 2.25. The van der Waals surface area contributed by atoms with E-state index in [4.69, 9.17) is 4.74 Å². The van der Waals surface area contributed by atoms with Crippen LogP contribution in [-0.2, 0) is 4.74 Å². The Kier molecular flexibility index (Phi) is 5.58. The normalized spacial score (nSPS) is 30.4. The lowest BCUT2D eigenvalue weighted by Gasteiger charge is -2.39. The molecule has 1 aliphatic rings. The fourth-order valence-corrected chi connectivity index (χ4v) is 2.39. The molecule has 1 aliphatic heterocycles. The zero-order valence-corrected chi connectivity index (χ0v) is 10.6. The Morgan fingerprint density at radius 3 is 2.80 bits per heavy atom. The molecule has 1 fully saturated rings. The van der Waals surface area contributed by atoms with Crippen molar-refractivity contribution in [2.45, 2.75) is 38.8 Å². The van der Waals surface area contributed by atoms with Crippen LogP contribution in [0.3, 0.4) is 0 Å². The Hall–Kier alpha value is -0.120. The zero-order valence-electron chi connectivity index (χ0n) is 10.6. The molecule has 1 saturated heterocycles. The quantitative estimate of drug-likeness (QED) is 0.747. The van der Waals surface area contributed by atoms with Gasteiger partial charge in [-0.1, -0.05) is 6.92 Å². The number of ether oxygens (including phenoxy) is 1. The van der Waals surface area contributed by atoms with Crippen molar-refractivity contribution in [1.82, 2.24) is 10.2 Å². The number of likely N-dealkylation sites (N-methyl/N-ethyl adjacent to an activating group) is 1. The van der Waals surface area contributed by atoms with E-state index in [9.17, 15) is 0 Å². The van der Waals surface area contributed by atoms with E-state index in [1.165, 1.54) is 19.4 Å². The summed E-state index contributed by atoms with van der Waals surface area (Å²) in [6, 6.07) is 1.18. The number of methoxy groups -OCH3 is 1. The first kappa shape index (κ1) is 12.9. The molecule has 0 aromatic carbocycles. The molecule has 0 aromatic heterocycles. The second-order valence-corrected chi connectivity index (χ2v) is 4.80. The molecule has 3 unspecified atom stereocenters. The van der Waals surface area contributed by atoms with Crippen LogP contribution in [0.2, 0.25) is 0 Å². The van der Waals surface area contributed by atoms with Gasteiger partial charge in [0.15, 0.2) is 0 Å². The first-order chi connectivity index (χ1) is 7.19. The van der Waals surface area contributed by atoms with Crippen molar-refractivity contribution in [2.75, 3.05) is 33.9 Å². The number of likely N-dealkylation sites (tertiary alicyclic amines) is 1. The number of nitrogens with one attached hydrogen (secondary N) is 1. The van der Waals surface area contributed by atoms with E-state index in [1.807, 2.05) is 7.05 Å². The monoisotopic (exact) mass is 214 g/mol. The van der Waals surface area contributed by atoms with E-state index >= 15 is 0 Å². The van der Waals surface area contributed by atoms with E-state index in [1.54, 1.807) is 7.11 Å². The van der Waals surface area contributed by atoms with E-state index in [2.05, 4.69) is 24.1 Å². The summed E-state index contributed by atoms with van der Waals surface area (Å²) in [5.74, 6) is 0.832. The summed E-state index contributed by atoms with van der Waals surface area (Å²) in [5, 5.41) is 3.32.